The maximum absolute atomic E-state index is 12.4. The van der Waals surface area contributed by atoms with Crippen LogP contribution in [0.25, 0.3) is 5.57 Å². The van der Waals surface area contributed by atoms with E-state index in [1.165, 1.54) is 14.2 Å². The molecule has 0 heterocycles. The molecule has 3 rings (SSSR count). The zero-order valence-corrected chi connectivity index (χ0v) is 14.5. The lowest BCUT2D eigenvalue weighted by atomic mass is 9.77. The van der Waals surface area contributed by atoms with Gasteiger partial charge in [0.2, 0.25) is 0 Å². The number of carbonyl (C=O) groups is 2. The molecule has 1 N–H and O–H groups in total. The summed E-state index contributed by atoms with van der Waals surface area (Å²) in [5, 5.41) is 3.21. The van der Waals surface area contributed by atoms with Gasteiger partial charge in [0, 0.05) is 18.3 Å². The van der Waals surface area contributed by atoms with Crippen LogP contribution in [0.1, 0.15) is 17.5 Å². The van der Waals surface area contributed by atoms with Crippen LogP contribution in [0.4, 0.5) is 5.69 Å². The van der Waals surface area contributed by atoms with Gasteiger partial charge in [-0.2, -0.15) is 0 Å². The lowest BCUT2D eigenvalue weighted by molar-refractivity contribution is -0.157. The maximum Gasteiger partial charge on any atom is 0.310 e. The molecule has 0 spiro atoms. The summed E-state index contributed by atoms with van der Waals surface area (Å²) in [7, 11) is 4.63. The fourth-order valence-electron chi connectivity index (χ4n) is 4.26. The number of rotatable bonds is 4. The van der Waals surface area contributed by atoms with Gasteiger partial charge < -0.3 is 14.8 Å². The van der Waals surface area contributed by atoms with E-state index in [1.54, 1.807) is 0 Å². The smallest absolute Gasteiger partial charge is 0.310 e. The van der Waals surface area contributed by atoms with Gasteiger partial charge in [-0.15, -0.1) is 0 Å². The molecule has 1 aromatic rings. The third-order valence-corrected chi connectivity index (χ3v) is 5.30. The lowest BCUT2D eigenvalue weighted by Gasteiger charge is -2.28. The molecule has 0 aromatic heterocycles. The highest BCUT2D eigenvalue weighted by molar-refractivity contribution is 5.90. The summed E-state index contributed by atoms with van der Waals surface area (Å²) >= 11 is 0. The van der Waals surface area contributed by atoms with Crippen molar-refractivity contribution in [3.63, 3.8) is 0 Å². The predicted octanol–water partition coefficient (Wildman–Crippen LogP) is 2.65. The molecule has 5 heteroatoms. The van der Waals surface area contributed by atoms with E-state index in [-0.39, 0.29) is 23.8 Å². The normalized spacial score (nSPS) is 27.6. The van der Waals surface area contributed by atoms with E-state index < -0.39 is 11.8 Å². The van der Waals surface area contributed by atoms with Crippen LogP contribution < -0.4 is 5.32 Å². The Morgan fingerprint density at radius 1 is 1.12 bits per heavy atom. The Balaban J connectivity index is 2.05. The molecule has 0 amide bonds. The standard InChI is InChI=1S/C19H23NO4/c1-10-5-6-15(20-2)13(7-10)12-8-11-9-14(12)17(19(22)24-4)16(11)18(21)23-3/h5-8,11,14,16-17,20H,9H2,1-4H3/t11?,14?,16-,17+/m0/s1. The van der Waals surface area contributed by atoms with Crippen molar-refractivity contribution in [1.29, 1.82) is 0 Å². The first-order valence-electron chi connectivity index (χ1n) is 8.18. The van der Waals surface area contributed by atoms with Gasteiger partial charge in [-0.05, 0) is 42.9 Å². The van der Waals surface area contributed by atoms with Gasteiger partial charge in [0.15, 0.2) is 0 Å². The molecular formula is C19H23NO4. The van der Waals surface area contributed by atoms with Crippen LogP contribution in [-0.2, 0) is 19.1 Å². The van der Waals surface area contributed by atoms with E-state index in [0.29, 0.717) is 0 Å². The van der Waals surface area contributed by atoms with E-state index in [4.69, 9.17) is 9.47 Å². The van der Waals surface area contributed by atoms with Crippen molar-refractivity contribution in [2.45, 2.75) is 13.3 Å². The number of hydrogen-bond acceptors (Lipinski definition) is 5. The van der Waals surface area contributed by atoms with Crippen molar-refractivity contribution in [2.24, 2.45) is 23.7 Å². The van der Waals surface area contributed by atoms with Gasteiger partial charge in [0.05, 0.1) is 26.1 Å². The molecule has 4 atom stereocenters. The summed E-state index contributed by atoms with van der Waals surface area (Å²) in [6.07, 6.45) is 2.92. The number of ether oxygens (including phenoxy) is 2. The largest absolute Gasteiger partial charge is 0.469 e. The van der Waals surface area contributed by atoms with Crippen LogP contribution >= 0.6 is 0 Å². The topological polar surface area (TPSA) is 64.6 Å². The number of fused-ring (bicyclic) bond motifs is 2. The number of aryl methyl sites for hydroxylation is 1. The minimum Gasteiger partial charge on any atom is -0.469 e. The second kappa shape index (κ2) is 6.30. The first-order chi connectivity index (χ1) is 11.5. The minimum absolute atomic E-state index is 0.0135. The number of esters is 2. The summed E-state index contributed by atoms with van der Waals surface area (Å²) in [4.78, 5) is 24.5. The molecule has 5 nitrogen and oxygen atoms in total. The number of nitrogens with one attached hydrogen (secondary N) is 1. The molecule has 0 radical (unpaired) electrons. The third kappa shape index (κ3) is 2.48. The summed E-state index contributed by atoms with van der Waals surface area (Å²) < 4.78 is 9.91. The van der Waals surface area contributed by atoms with Crippen LogP contribution in [0.15, 0.2) is 24.3 Å². The maximum atomic E-state index is 12.4. The van der Waals surface area contributed by atoms with Crippen molar-refractivity contribution >= 4 is 23.2 Å². The Bertz CT molecular complexity index is 709. The van der Waals surface area contributed by atoms with Crippen LogP contribution in [0.5, 0.6) is 0 Å². The van der Waals surface area contributed by atoms with Crippen LogP contribution in [0.2, 0.25) is 0 Å². The molecular weight excluding hydrogens is 306 g/mol. The van der Waals surface area contributed by atoms with Crippen molar-refractivity contribution < 1.29 is 19.1 Å². The quantitative estimate of drug-likeness (QED) is 0.860. The number of methoxy groups -OCH3 is 2. The molecule has 1 fully saturated rings. The van der Waals surface area contributed by atoms with Gasteiger partial charge in [-0.3, -0.25) is 9.59 Å². The highest BCUT2D eigenvalue weighted by Crippen LogP contribution is 2.56. The van der Waals surface area contributed by atoms with Crippen LogP contribution in [0.3, 0.4) is 0 Å². The monoisotopic (exact) mass is 329 g/mol. The zero-order chi connectivity index (χ0) is 17.4. The van der Waals surface area contributed by atoms with Crippen LogP contribution in [0, 0.1) is 30.6 Å². The molecule has 24 heavy (non-hydrogen) atoms. The summed E-state index contributed by atoms with van der Waals surface area (Å²) in [5.74, 6) is -1.57. The molecule has 2 aliphatic carbocycles. The van der Waals surface area contributed by atoms with Crippen molar-refractivity contribution in [2.75, 3.05) is 26.6 Å². The van der Waals surface area contributed by atoms with Crippen molar-refractivity contribution in [3.05, 3.63) is 35.4 Å². The highest BCUT2D eigenvalue weighted by atomic mass is 16.5. The first-order valence-corrected chi connectivity index (χ1v) is 8.18. The number of anilines is 1. The van der Waals surface area contributed by atoms with Gasteiger partial charge in [0.1, 0.15) is 0 Å². The fraction of sp³-hybridized carbons (Fsp3) is 0.474. The van der Waals surface area contributed by atoms with Gasteiger partial charge in [-0.1, -0.05) is 17.7 Å². The second-order valence-corrected chi connectivity index (χ2v) is 6.52. The highest BCUT2D eigenvalue weighted by Gasteiger charge is 2.55. The molecule has 0 saturated heterocycles. The molecule has 1 aromatic carbocycles. The van der Waals surface area contributed by atoms with Crippen molar-refractivity contribution in [1.82, 2.24) is 0 Å². The zero-order valence-electron chi connectivity index (χ0n) is 14.5. The lowest BCUT2D eigenvalue weighted by Crippen LogP contribution is -2.35. The first kappa shape index (κ1) is 16.6. The van der Waals surface area contributed by atoms with Gasteiger partial charge >= 0.3 is 11.9 Å². The summed E-state index contributed by atoms with van der Waals surface area (Å²) in [5.41, 5.74) is 4.41. The van der Waals surface area contributed by atoms with E-state index in [9.17, 15) is 9.59 Å². The van der Waals surface area contributed by atoms with Gasteiger partial charge in [-0.25, -0.2) is 0 Å². The Hall–Kier alpha value is -2.30. The summed E-state index contributed by atoms with van der Waals surface area (Å²) in [6.45, 7) is 2.05. The second-order valence-electron chi connectivity index (χ2n) is 6.52. The molecule has 2 bridgehead atoms. The number of hydrogen-bond donors (Lipinski definition) is 1. The number of benzene rings is 1. The molecule has 1 saturated carbocycles. The Labute approximate surface area is 142 Å². The van der Waals surface area contributed by atoms with Crippen molar-refractivity contribution in [3.8, 4) is 0 Å². The van der Waals surface area contributed by atoms with Crippen LogP contribution in [-0.4, -0.2) is 33.2 Å². The average Bonchev–Trinajstić information content (AvgIpc) is 3.18. The molecule has 2 unspecified atom stereocenters. The number of allylic oxidation sites excluding steroid dienone is 2. The van der Waals surface area contributed by atoms with E-state index >= 15 is 0 Å². The minimum atomic E-state index is -0.474. The Morgan fingerprint density at radius 3 is 2.42 bits per heavy atom. The third-order valence-electron chi connectivity index (χ3n) is 5.30. The fourth-order valence-corrected chi connectivity index (χ4v) is 4.26. The predicted molar refractivity (Wildman–Crippen MR) is 91.3 cm³/mol. The summed E-state index contributed by atoms with van der Waals surface area (Å²) in [6, 6.07) is 6.22. The Kier molecular flexibility index (Phi) is 4.35. The SMILES string of the molecule is CNc1ccc(C)cc1C1=CC2CC1[C@@H](C(=O)OC)[C@H]2C(=O)OC. The van der Waals surface area contributed by atoms with Gasteiger partial charge in [0.25, 0.3) is 0 Å². The Morgan fingerprint density at radius 2 is 1.79 bits per heavy atom. The van der Waals surface area contributed by atoms with E-state index in [0.717, 1.165) is 28.8 Å². The average molecular weight is 329 g/mol. The van der Waals surface area contributed by atoms with E-state index in [1.807, 2.05) is 20.0 Å². The molecule has 128 valence electrons. The van der Waals surface area contributed by atoms with E-state index in [2.05, 4.69) is 23.5 Å². The molecule has 0 aliphatic heterocycles. The molecule has 2 aliphatic rings. The number of carbonyl (C=O) groups excluding carboxylic acids is 2.